The summed E-state index contributed by atoms with van der Waals surface area (Å²) in [6.45, 7) is 2.07. The van der Waals surface area contributed by atoms with E-state index >= 15 is 0 Å². The van der Waals surface area contributed by atoms with E-state index in [1.165, 1.54) is 5.56 Å². The molecule has 2 N–H and O–H groups in total. The second kappa shape index (κ2) is 6.37. The predicted octanol–water partition coefficient (Wildman–Crippen LogP) is 3.36. The van der Waals surface area contributed by atoms with E-state index in [-0.39, 0.29) is 5.54 Å². The molecule has 0 saturated carbocycles. The maximum absolute atomic E-state index is 6.43. The van der Waals surface area contributed by atoms with E-state index in [9.17, 15) is 0 Å². The van der Waals surface area contributed by atoms with Gasteiger partial charge in [-0.25, -0.2) is 0 Å². The summed E-state index contributed by atoms with van der Waals surface area (Å²) in [5, 5.41) is 0. The molecule has 1 heterocycles. The number of methoxy groups -OCH3 is 1. The first kappa shape index (κ1) is 15.0. The zero-order valence-electron chi connectivity index (χ0n) is 11.8. The van der Waals surface area contributed by atoms with Crippen LogP contribution >= 0.6 is 15.9 Å². The number of nitrogens with two attached hydrogens (primary N) is 1. The molecule has 2 aromatic rings. The molecule has 20 heavy (non-hydrogen) atoms. The van der Waals surface area contributed by atoms with Crippen molar-refractivity contribution in [3.05, 3.63) is 58.3 Å². The third kappa shape index (κ3) is 4.32. The van der Waals surface area contributed by atoms with Gasteiger partial charge in [0, 0.05) is 22.4 Å². The predicted molar refractivity (Wildman–Crippen MR) is 84.9 cm³/mol. The van der Waals surface area contributed by atoms with Crippen LogP contribution in [-0.2, 0) is 12.8 Å². The van der Waals surface area contributed by atoms with Crippen molar-refractivity contribution >= 4 is 15.9 Å². The molecule has 0 aliphatic heterocycles. The summed E-state index contributed by atoms with van der Waals surface area (Å²) in [7, 11) is 1.67. The lowest BCUT2D eigenvalue weighted by molar-refractivity contribution is 0.414. The monoisotopic (exact) mass is 334 g/mol. The van der Waals surface area contributed by atoms with E-state index in [4.69, 9.17) is 10.5 Å². The molecule has 0 aliphatic carbocycles. The molecule has 1 aromatic heterocycles. The van der Waals surface area contributed by atoms with E-state index in [1.54, 1.807) is 13.3 Å². The standard InChI is InChI=1S/C16H19BrN2O/c1-16(18,9-13-7-14(17)11-19-10-13)8-12-3-5-15(20-2)6-4-12/h3-7,10-11H,8-9,18H2,1-2H3. The number of ether oxygens (including phenoxy) is 1. The molecule has 0 amide bonds. The molecule has 106 valence electrons. The molecule has 0 aliphatic rings. The van der Waals surface area contributed by atoms with Crippen LogP contribution in [-0.4, -0.2) is 17.6 Å². The summed E-state index contributed by atoms with van der Waals surface area (Å²) in [5.74, 6) is 0.865. The van der Waals surface area contributed by atoms with Gasteiger partial charge in [0.15, 0.2) is 0 Å². The number of halogens is 1. The zero-order chi connectivity index (χ0) is 14.6. The lowest BCUT2D eigenvalue weighted by Gasteiger charge is -2.25. The molecule has 1 unspecified atom stereocenters. The van der Waals surface area contributed by atoms with Crippen LogP contribution in [0.5, 0.6) is 5.75 Å². The van der Waals surface area contributed by atoms with Crippen molar-refractivity contribution in [3.8, 4) is 5.75 Å². The molecule has 1 atom stereocenters. The topological polar surface area (TPSA) is 48.1 Å². The Morgan fingerprint density at radius 2 is 1.80 bits per heavy atom. The first-order valence-corrected chi connectivity index (χ1v) is 7.29. The van der Waals surface area contributed by atoms with Crippen LogP contribution in [0.15, 0.2) is 47.2 Å². The van der Waals surface area contributed by atoms with Crippen molar-refractivity contribution in [2.45, 2.75) is 25.3 Å². The van der Waals surface area contributed by atoms with Gasteiger partial charge in [-0.1, -0.05) is 12.1 Å². The second-order valence-electron chi connectivity index (χ2n) is 5.37. The Balaban J connectivity index is 2.06. The lowest BCUT2D eigenvalue weighted by atomic mass is 9.88. The minimum absolute atomic E-state index is 0.308. The van der Waals surface area contributed by atoms with Crippen molar-refractivity contribution < 1.29 is 4.74 Å². The minimum Gasteiger partial charge on any atom is -0.497 e. The summed E-state index contributed by atoms with van der Waals surface area (Å²) >= 11 is 3.44. The van der Waals surface area contributed by atoms with Gasteiger partial charge >= 0.3 is 0 Å². The molecule has 3 nitrogen and oxygen atoms in total. The molecular formula is C16H19BrN2O. The molecule has 2 rings (SSSR count). The van der Waals surface area contributed by atoms with Crippen molar-refractivity contribution in [3.63, 3.8) is 0 Å². The van der Waals surface area contributed by atoms with E-state index in [0.717, 1.165) is 28.6 Å². The summed E-state index contributed by atoms with van der Waals surface area (Å²) in [5.41, 5.74) is 8.46. The Kier molecular flexibility index (Phi) is 4.78. The fraction of sp³-hybridized carbons (Fsp3) is 0.312. The van der Waals surface area contributed by atoms with E-state index < -0.39 is 0 Å². The number of rotatable bonds is 5. The van der Waals surface area contributed by atoms with Crippen molar-refractivity contribution in [2.24, 2.45) is 5.73 Å². The van der Waals surface area contributed by atoms with Gasteiger partial charge in [0.2, 0.25) is 0 Å². The van der Waals surface area contributed by atoms with Crippen LogP contribution in [0, 0.1) is 0 Å². The highest BCUT2D eigenvalue weighted by molar-refractivity contribution is 9.10. The molecular weight excluding hydrogens is 316 g/mol. The lowest BCUT2D eigenvalue weighted by Crippen LogP contribution is -2.40. The van der Waals surface area contributed by atoms with Crippen LogP contribution in [0.3, 0.4) is 0 Å². The Morgan fingerprint density at radius 3 is 2.40 bits per heavy atom. The van der Waals surface area contributed by atoms with Gasteiger partial charge in [0.25, 0.3) is 0 Å². The molecule has 1 aromatic carbocycles. The van der Waals surface area contributed by atoms with Crippen LogP contribution in [0.25, 0.3) is 0 Å². The van der Waals surface area contributed by atoms with Crippen LogP contribution in [0.1, 0.15) is 18.1 Å². The maximum atomic E-state index is 6.43. The SMILES string of the molecule is COc1ccc(CC(C)(N)Cc2cncc(Br)c2)cc1. The molecule has 0 saturated heterocycles. The van der Waals surface area contributed by atoms with Gasteiger partial charge < -0.3 is 10.5 Å². The highest BCUT2D eigenvalue weighted by atomic mass is 79.9. The molecule has 0 radical (unpaired) electrons. The maximum Gasteiger partial charge on any atom is 0.118 e. The number of benzene rings is 1. The van der Waals surface area contributed by atoms with Gasteiger partial charge in [-0.2, -0.15) is 0 Å². The minimum atomic E-state index is -0.308. The number of hydrogen-bond donors (Lipinski definition) is 1. The average molecular weight is 335 g/mol. The first-order valence-electron chi connectivity index (χ1n) is 6.50. The quantitative estimate of drug-likeness (QED) is 0.911. The van der Waals surface area contributed by atoms with Gasteiger partial charge in [0.05, 0.1) is 7.11 Å². The first-order chi connectivity index (χ1) is 9.48. The Labute approximate surface area is 128 Å². The van der Waals surface area contributed by atoms with Crippen LogP contribution in [0.4, 0.5) is 0 Å². The van der Waals surface area contributed by atoms with Gasteiger partial charge in [-0.05, 0) is 65.0 Å². The number of hydrogen-bond acceptors (Lipinski definition) is 3. The molecule has 4 heteroatoms. The smallest absolute Gasteiger partial charge is 0.118 e. The summed E-state index contributed by atoms with van der Waals surface area (Å²) in [6.07, 6.45) is 5.24. The Bertz CT molecular complexity index is 567. The van der Waals surface area contributed by atoms with Gasteiger partial charge in [-0.3, -0.25) is 4.98 Å². The average Bonchev–Trinajstić information content (AvgIpc) is 2.38. The number of pyridine rings is 1. The second-order valence-corrected chi connectivity index (χ2v) is 6.28. The third-order valence-corrected chi connectivity index (χ3v) is 3.57. The number of aromatic nitrogens is 1. The molecule has 0 bridgehead atoms. The van der Waals surface area contributed by atoms with Crippen LogP contribution < -0.4 is 10.5 Å². The fourth-order valence-corrected chi connectivity index (χ4v) is 2.70. The van der Waals surface area contributed by atoms with Crippen molar-refractivity contribution in [1.82, 2.24) is 4.98 Å². The van der Waals surface area contributed by atoms with E-state index in [2.05, 4.69) is 46.0 Å². The Hall–Kier alpha value is -1.39. The number of nitrogens with zero attached hydrogens (tertiary/aromatic N) is 1. The normalized spacial score (nSPS) is 13.8. The van der Waals surface area contributed by atoms with Crippen LogP contribution in [0.2, 0.25) is 0 Å². The van der Waals surface area contributed by atoms with E-state index in [1.807, 2.05) is 18.3 Å². The zero-order valence-corrected chi connectivity index (χ0v) is 13.4. The third-order valence-electron chi connectivity index (χ3n) is 3.14. The summed E-state index contributed by atoms with van der Waals surface area (Å²) in [6, 6.07) is 10.1. The van der Waals surface area contributed by atoms with Crippen molar-refractivity contribution in [2.75, 3.05) is 7.11 Å². The summed E-state index contributed by atoms with van der Waals surface area (Å²) in [4.78, 5) is 4.18. The van der Waals surface area contributed by atoms with Crippen molar-refractivity contribution in [1.29, 1.82) is 0 Å². The Morgan fingerprint density at radius 1 is 1.15 bits per heavy atom. The van der Waals surface area contributed by atoms with E-state index in [0.29, 0.717) is 0 Å². The van der Waals surface area contributed by atoms with Gasteiger partial charge in [-0.15, -0.1) is 0 Å². The largest absolute Gasteiger partial charge is 0.497 e. The molecule has 0 spiro atoms. The highest BCUT2D eigenvalue weighted by Gasteiger charge is 2.20. The molecule has 0 fully saturated rings. The van der Waals surface area contributed by atoms with Gasteiger partial charge in [0.1, 0.15) is 5.75 Å². The highest BCUT2D eigenvalue weighted by Crippen LogP contribution is 2.20. The fourth-order valence-electron chi connectivity index (χ4n) is 2.29. The summed E-state index contributed by atoms with van der Waals surface area (Å²) < 4.78 is 6.15.